The van der Waals surface area contributed by atoms with Crippen molar-refractivity contribution >= 4 is 10.9 Å². The van der Waals surface area contributed by atoms with Gasteiger partial charge in [-0.2, -0.15) is 0 Å². The van der Waals surface area contributed by atoms with Gasteiger partial charge in [0.25, 0.3) is 0 Å². The third-order valence-electron chi connectivity index (χ3n) is 1.51. The number of terminal acetylenes is 1. The quantitative estimate of drug-likeness (QED) is 0.532. The van der Waals surface area contributed by atoms with Crippen LogP contribution in [0.2, 0.25) is 0 Å². The Hall–Kier alpha value is -1.81. The molecule has 0 aliphatic heterocycles. The van der Waals surface area contributed by atoms with Crippen molar-refractivity contribution in [2.24, 2.45) is 0 Å². The van der Waals surface area contributed by atoms with E-state index in [0.717, 1.165) is 5.52 Å². The van der Waals surface area contributed by atoms with E-state index in [1.165, 1.54) is 5.39 Å². The summed E-state index contributed by atoms with van der Waals surface area (Å²) < 4.78 is 0. The summed E-state index contributed by atoms with van der Waals surface area (Å²) in [5.41, 5.74) is 1.06. The molecule has 0 aliphatic carbocycles. The van der Waals surface area contributed by atoms with Crippen molar-refractivity contribution in [1.29, 1.82) is 0 Å². The summed E-state index contributed by atoms with van der Waals surface area (Å²) in [5, 5.41) is 1.20. The molecule has 58 valence electrons. The molecular weight excluding hydrogens is 146 g/mol. The fourth-order valence-electron chi connectivity index (χ4n) is 1.02. The summed E-state index contributed by atoms with van der Waals surface area (Å²) in [4.78, 5) is 4.18. The Bertz CT molecular complexity index is 311. The largest absolute Gasteiger partial charge is 0.256 e. The molecule has 0 aliphatic rings. The van der Waals surface area contributed by atoms with E-state index < -0.39 is 0 Å². The normalized spacial score (nSPS) is 8.50. The molecule has 1 aromatic heterocycles. The van der Waals surface area contributed by atoms with Gasteiger partial charge in [0.15, 0.2) is 0 Å². The summed E-state index contributed by atoms with van der Waals surface area (Å²) in [7, 11) is 0. The lowest BCUT2D eigenvalue weighted by molar-refractivity contribution is 1.41. The lowest BCUT2D eigenvalue weighted by atomic mass is 10.2. The molecule has 0 bridgehead atoms. The van der Waals surface area contributed by atoms with Crippen LogP contribution in [-0.2, 0) is 0 Å². The number of fused-ring (bicyclic) bond motifs is 1. The predicted molar refractivity (Wildman–Crippen MR) is 51.6 cm³/mol. The molecule has 0 amide bonds. The number of rotatable bonds is 0. The van der Waals surface area contributed by atoms with Gasteiger partial charge in [-0.15, -0.1) is 12.8 Å². The third kappa shape index (κ3) is 1.62. The number of para-hydroxylation sites is 1. The molecule has 0 unspecified atom stereocenters. The first-order chi connectivity index (χ1) is 5.97. The van der Waals surface area contributed by atoms with Crippen molar-refractivity contribution in [2.75, 3.05) is 0 Å². The average molecular weight is 155 g/mol. The van der Waals surface area contributed by atoms with Gasteiger partial charge in [-0.05, 0) is 12.1 Å². The van der Waals surface area contributed by atoms with Crippen LogP contribution in [-0.4, -0.2) is 4.98 Å². The molecule has 1 heterocycles. The molecule has 0 saturated heterocycles. The molecule has 12 heavy (non-hydrogen) atoms. The van der Waals surface area contributed by atoms with E-state index in [9.17, 15) is 0 Å². The highest BCUT2D eigenvalue weighted by Gasteiger charge is 1.86. The number of aromatic nitrogens is 1. The van der Waals surface area contributed by atoms with Crippen molar-refractivity contribution < 1.29 is 0 Å². The minimum Gasteiger partial charge on any atom is -0.256 e. The number of hydrogen-bond donors (Lipinski definition) is 0. The second kappa shape index (κ2) is 4.15. The zero-order chi connectivity index (χ0) is 8.81. The highest BCUT2D eigenvalue weighted by molar-refractivity contribution is 5.77. The number of nitrogens with zero attached hydrogens (tertiary/aromatic N) is 1. The molecule has 0 atom stereocenters. The zero-order valence-electron chi connectivity index (χ0n) is 6.64. The Morgan fingerprint density at radius 2 is 1.58 bits per heavy atom. The fraction of sp³-hybridized carbons (Fsp3) is 0. The average Bonchev–Trinajstić information content (AvgIpc) is 2.21. The SMILES string of the molecule is C#C.c1ccc2ncccc2c1. The molecule has 0 spiro atoms. The van der Waals surface area contributed by atoms with Crippen LogP contribution in [0, 0.1) is 12.8 Å². The Balaban J connectivity index is 0.000000336. The first kappa shape index (κ1) is 8.29. The van der Waals surface area contributed by atoms with Gasteiger partial charge in [0.2, 0.25) is 0 Å². The van der Waals surface area contributed by atoms with Gasteiger partial charge in [0.1, 0.15) is 0 Å². The van der Waals surface area contributed by atoms with Crippen LogP contribution < -0.4 is 0 Å². The zero-order valence-corrected chi connectivity index (χ0v) is 6.64. The maximum Gasteiger partial charge on any atom is 0.0701 e. The second-order valence-corrected chi connectivity index (χ2v) is 2.20. The Labute approximate surface area is 72.1 Å². The van der Waals surface area contributed by atoms with Gasteiger partial charge in [-0.1, -0.05) is 24.3 Å². The van der Waals surface area contributed by atoms with E-state index >= 15 is 0 Å². The summed E-state index contributed by atoms with van der Waals surface area (Å²) in [5.74, 6) is 0. The van der Waals surface area contributed by atoms with Crippen molar-refractivity contribution in [3.8, 4) is 12.8 Å². The molecule has 1 nitrogen and oxygen atoms in total. The molecule has 0 N–H and O–H groups in total. The van der Waals surface area contributed by atoms with E-state index in [2.05, 4.69) is 30.0 Å². The van der Waals surface area contributed by atoms with E-state index in [4.69, 9.17) is 0 Å². The van der Waals surface area contributed by atoms with Crippen LogP contribution >= 0.6 is 0 Å². The number of benzene rings is 1. The Morgan fingerprint density at radius 1 is 0.917 bits per heavy atom. The molecular formula is C11H9N. The molecule has 1 heteroatoms. The first-order valence-electron chi connectivity index (χ1n) is 3.60. The first-order valence-corrected chi connectivity index (χ1v) is 3.60. The lowest BCUT2D eigenvalue weighted by Gasteiger charge is -1.91. The Kier molecular flexibility index (Phi) is 2.87. The molecule has 2 aromatic rings. The maximum atomic E-state index is 4.18. The maximum absolute atomic E-state index is 4.18. The summed E-state index contributed by atoms with van der Waals surface area (Å²) in [6.45, 7) is 0. The van der Waals surface area contributed by atoms with Crippen LogP contribution in [0.3, 0.4) is 0 Å². The van der Waals surface area contributed by atoms with Crippen molar-refractivity contribution in [3.63, 3.8) is 0 Å². The lowest BCUT2D eigenvalue weighted by Crippen LogP contribution is -1.73. The van der Waals surface area contributed by atoms with E-state index in [1.807, 2.05) is 30.5 Å². The van der Waals surface area contributed by atoms with Crippen molar-refractivity contribution in [3.05, 3.63) is 42.6 Å². The van der Waals surface area contributed by atoms with E-state index in [-0.39, 0.29) is 0 Å². The highest BCUT2D eigenvalue weighted by Crippen LogP contribution is 2.07. The summed E-state index contributed by atoms with van der Waals surface area (Å²) in [6, 6.07) is 12.1. The van der Waals surface area contributed by atoms with Gasteiger partial charge in [-0.25, -0.2) is 0 Å². The van der Waals surface area contributed by atoms with Gasteiger partial charge < -0.3 is 0 Å². The molecule has 0 radical (unpaired) electrons. The van der Waals surface area contributed by atoms with Crippen LogP contribution in [0.1, 0.15) is 0 Å². The minimum absolute atomic E-state index is 1.06. The second-order valence-electron chi connectivity index (χ2n) is 2.20. The highest BCUT2D eigenvalue weighted by atomic mass is 14.6. The van der Waals surface area contributed by atoms with Crippen LogP contribution in [0.15, 0.2) is 42.6 Å². The molecule has 0 fully saturated rings. The van der Waals surface area contributed by atoms with Crippen LogP contribution in [0.25, 0.3) is 10.9 Å². The standard InChI is InChI=1S/C9H7N.C2H2/c1-2-6-9-8(4-1)5-3-7-10-9;1-2/h1-7H;1-2H. The fourth-order valence-corrected chi connectivity index (χ4v) is 1.02. The van der Waals surface area contributed by atoms with Crippen molar-refractivity contribution in [2.45, 2.75) is 0 Å². The van der Waals surface area contributed by atoms with Gasteiger partial charge in [-0.3, -0.25) is 4.98 Å². The van der Waals surface area contributed by atoms with Crippen molar-refractivity contribution in [1.82, 2.24) is 4.98 Å². The topological polar surface area (TPSA) is 12.9 Å². The summed E-state index contributed by atoms with van der Waals surface area (Å²) >= 11 is 0. The van der Waals surface area contributed by atoms with Gasteiger partial charge in [0, 0.05) is 11.6 Å². The molecule has 1 aromatic carbocycles. The van der Waals surface area contributed by atoms with Crippen LogP contribution in [0.4, 0.5) is 0 Å². The predicted octanol–water partition coefficient (Wildman–Crippen LogP) is 2.48. The van der Waals surface area contributed by atoms with E-state index in [0.29, 0.717) is 0 Å². The van der Waals surface area contributed by atoms with Gasteiger partial charge >= 0.3 is 0 Å². The van der Waals surface area contributed by atoms with Crippen LogP contribution in [0.5, 0.6) is 0 Å². The molecule has 2 rings (SSSR count). The number of hydrogen-bond acceptors (Lipinski definition) is 1. The summed E-state index contributed by atoms with van der Waals surface area (Å²) in [6.07, 6.45) is 9.81. The monoisotopic (exact) mass is 155 g/mol. The van der Waals surface area contributed by atoms with Gasteiger partial charge in [0.05, 0.1) is 5.52 Å². The molecule has 0 saturated carbocycles. The third-order valence-corrected chi connectivity index (χ3v) is 1.51. The Morgan fingerprint density at radius 3 is 2.33 bits per heavy atom. The minimum atomic E-state index is 1.06. The van der Waals surface area contributed by atoms with E-state index in [1.54, 1.807) is 0 Å². The number of pyridine rings is 1. The smallest absolute Gasteiger partial charge is 0.0701 e.